The molecule has 0 aromatic heterocycles. The molecule has 0 unspecified atom stereocenters. The van der Waals surface area contributed by atoms with Gasteiger partial charge in [0.1, 0.15) is 29.3 Å². The molecule has 3 amide bonds. The highest BCUT2D eigenvalue weighted by Crippen LogP contribution is 2.50. The predicted octanol–water partition coefficient (Wildman–Crippen LogP) is 3.73. The summed E-state index contributed by atoms with van der Waals surface area (Å²) in [5.74, 6) is -5.94. The Hall–Kier alpha value is -2.17. The van der Waals surface area contributed by atoms with Gasteiger partial charge in [0.2, 0.25) is 5.91 Å². The molecule has 1 saturated heterocycles. The van der Waals surface area contributed by atoms with Crippen molar-refractivity contribution in [1.29, 1.82) is 0 Å². The van der Waals surface area contributed by atoms with Crippen molar-refractivity contribution in [3.8, 4) is 0 Å². The third kappa shape index (κ3) is 4.30. The van der Waals surface area contributed by atoms with Crippen molar-refractivity contribution in [2.24, 2.45) is 11.8 Å². The van der Waals surface area contributed by atoms with Gasteiger partial charge in [-0.05, 0) is 24.8 Å². The van der Waals surface area contributed by atoms with Crippen molar-refractivity contribution in [1.82, 2.24) is 15.5 Å². The highest BCUT2D eigenvalue weighted by molar-refractivity contribution is 6.31. The highest BCUT2D eigenvalue weighted by Gasteiger charge is 2.51. The van der Waals surface area contributed by atoms with Crippen molar-refractivity contribution >= 4 is 23.5 Å². The zero-order chi connectivity index (χ0) is 23.1. The van der Waals surface area contributed by atoms with E-state index < -0.39 is 78.2 Å². The molecule has 12 heteroatoms. The van der Waals surface area contributed by atoms with Crippen molar-refractivity contribution in [2.45, 2.75) is 31.1 Å². The summed E-state index contributed by atoms with van der Waals surface area (Å²) in [6.45, 7) is -1.86. The number of carbonyl (C=O) groups is 2. The van der Waals surface area contributed by atoms with Crippen LogP contribution in [0.25, 0.3) is 0 Å². The standard InChI is InChI=1S/C18H18ClF6N3O2/c19-13-11(21)2-1-10(14(13)22)15(8-5-9(6-8)18(23,24)25)27-17(30)28-4-3-26-16(29)12(28)7-20/h1-2,8-9,12,15H,3-7H2,(H,26,29)(H,27,30)/t8?,9?,12-,15+/m1/s1/i12D. The molecule has 1 aromatic rings. The molecule has 2 aliphatic rings. The lowest BCUT2D eigenvalue weighted by Crippen LogP contribution is -2.61. The Morgan fingerprint density at radius 3 is 2.63 bits per heavy atom. The van der Waals surface area contributed by atoms with Crippen molar-refractivity contribution in [3.05, 3.63) is 34.4 Å². The summed E-state index contributed by atoms with van der Waals surface area (Å²) in [5.41, 5.74) is -0.345. The fraction of sp³-hybridized carbons (Fsp3) is 0.556. The van der Waals surface area contributed by atoms with Crippen LogP contribution in [0.15, 0.2) is 12.1 Å². The molecule has 2 fully saturated rings. The fourth-order valence-corrected chi connectivity index (χ4v) is 3.81. The first kappa shape index (κ1) is 21.1. The number of alkyl halides is 4. The van der Waals surface area contributed by atoms with Crippen molar-refractivity contribution in [3.63, 3.8) is 0 Å². The largest absolute Gasteiger partial charge is 0.391 e. The molecule has 5 nitrogen and oxygen atoms in total. The Morgan fingerprint density at radius 1 is 1.37 bits per heavy atom. The molecular weight excluding hydrogens is 440 g/mol. The molecular formula is C18H18ClF6N3O2. The zero-order valence-electron chi connectivity index (χ0n) is 16.3. The Balaban J connectivity index is 1.90. The Kier molecular flexibility index (Phi) is 5.99. The van der Waals surface area contributed by atoms with E-state index in [0.717, 1.165) is 12.1 Å². The number of amides is 3. The highest BCUT2D eigenvalue weighted by atomic mass is 35.5. The van der Waals surface area contributed by atoms with Crippen LogP contribution >= 0.6 is 11.6 Å². The topological polar surface area (TPSA) is 61.4 Å². The van der Waals surface area contributed by atoms with Crippen LogP contribution in [0.1, 0.15) is 25.8 Å². The Labute approximate surface area is 174 Å². The molecule has 0 radical (unpaired) electrons. The average molecular weight is 459 g/mol. The Morgan fingerprint density at radius 2 is 2.03 bits per heavy atom. The number of nitrogens with one attached hydrogen (secondary N) is 2. The van der Waals surface area contributed by atoms with E-state index in [0.29, 0.717) is 4.90 Å². The first-order valence-electron chi connectivity index (χ1n) is 9.52. The van der Waals surface area contributed by atoms with Crippen LogP contribution in [-0.4, -0.2) is 48.8 Å². The van der Waals surface area contributed by atoms with E-state index in [-0.39, 0.29) is 18.7 Å². The fourth-order valence-electron chi connectivity index (χ4n) is 3.64. The van der Waals surface area contributed by atoms with Crippen LogP contribution in [0.5, 0.6) is 0 Å². The summed E-state index contributed by atoms with van der Waals surface area (Å²) in [5, 5.41) is 3.67. The van der Waals surface area contributed by atoms with Gasteiger partial charge in [-0.25, -0.2) is 18.0 Å². The molecule has 2 N–H and O–H groups in total. The van der Waals surface area contributed by atoms with Gasteiger partial charge in [-0.3, -0.25) is 4.79 Å². The molecule has 1 aromatic carbocycles. The van der Waals surface area contributed by atoms with Gasteiger partial charge in [0.25, 0.3) is 0 Å². The molecule has 0 spiro atoms. The first-order valence-corrected chi connectivity index (χ1v) is 9.40. The third-order valence-electron chi connectivity index (χ3n) is 5.37. The Bertz CT molecular complexity index is 883. The molecule has 1 saturated carbocycles. The number of hydrogen-bond acceptors (Lipinski definition) is 2. The predicted molar refractivity (Wildman–Crippen MR) is 94.4 cm³/mol. The van der Waals surface area contributed by atoms with Gasteiger partial charge in [-0.2, -0.15) is 13.2 Å². The second kappa shape index (κ2) is 8.52. The molecule has 3 rings (SSSR count). The zero-order valence-corrected chi connectivity index (χ0v) is 16.1. The summed E-state index contributed by atoms with van der Waals surface area (Å²) in [6.07, 6.45) is -5.34. The molecule has 30 heavy (non-hydrogen) atoms. The summed E-state index contributed by atoms with van der Waals surface area (Å²) in [4.78, 5) is 25.3. The van der Waals surface area contributed by atoms with E-state index >= 15 is 0 Å². The number of rotatable bonds is 4. The van der Waals surface area contributed by atoms with Crippen molar-refractivity contribution < 1.29 is 37.3 Å². The van der Waals surface area contributed by atoms with E-state index in [1.165, 1.54) is 0 Å². The quantitative estimate of drug-likeness (QED) is 0.533. The summed E-state index contributed by atoms with van der Waals surface area (Å²) >= 11 is 5.58. The SMILES string of the molecule is [2H][C@@]1(CF)C(=O)NCCN1C(=O)N[C@H](c1ccc(F)c(Cl)c1F)C1CC(C(F)(F)F)C1. The number of urea groups is 1. The first-order chi connectivity index (χ1) is 14.4. The molecule has 1 heterocycles. The number of carbonyl (C=O) groups excluding carboxylic acids is 2. The maximum absolute atomic E-state index is 14.6. The van der Waals surface area contributed by atoms with E-state index in [2.05, 4.69) is 10.6 Å². The number of nitrogens with zero attached hydrogens (tertiary/aromatic N) is 1. The van der Waals surface area contributed by atoms with Gasteiger partial charge in [0.05, 0.1) is 13.3 Å². The number of hydrogen-bond donors (Lipinski definition) is 2. The molecule has 1 aliphatic heterocycles. The van der Waals surface area contributed by atoms with Gasteiger partial charge in [-0.15, -0.1) is 0 Å². The molecule has 2 atom stereocenters. The van der Waals surface area contributed by atoms with Crippen LogP contribution in [-0.2, 0) is 4.79 Å². The smallest absolute Gasteiger partial charge is 0.352 e. The monoisotopic (exact) mass is 458 g/mol. The van der Waals surface area contributed by atoms with E-state index in [1.807, 2.05) is 0 Å². The van der Waals surface area contributed by atoms with Gasteiger partial charge in [-0.1, -0.05) is 17.7 Å². The average Bonchev–Trinajstić information content (AvgIpc) is 2.65. The second-order valence-corrected chi connectivity index (χ2v) is 7.53. The lowest BCUT2D eigenvalue weighted by molar-refractivity contribution is -0.206. The lowest BCUT2D eigenvalue weighted by Gasteiger charge is -2.43. The van der Waals surface area contributed by atoms with Gasteiger partial charge >= 0.3 is 12.2 Å². The van der Waals surface area contributed by atoms with Crippen LogP contribution in [0.2, 0.25) is 5.02 Å². The normalized spacial score (nSPS) is 28.3. The van der Waals surface area contributed by atoms with Crippen LogP contribution in [0.3, 0.4) is 0 Å². The third-order valence-corrected chi connectivity index (χ3v) is 5.72. The van der Waals surface area contributed by atoms with Gasteiger partial charge in [0.15, 0.2) is 0 Å². The lowest BCUT2D eigenvalue weighted by atomic mass is 9.69. The number of halogens is 7. The molecule has 1 aliphatic carbocycles. The van der Waals surface area contributed by atoms with Gasteiger partial charge in [0, 0.05) is 18.7 Å². The minimum absolute atomic E-state index is 0.0755. The minimum atomic E-state index is -4.47. The minimum Gasteiger partial charge on any atom is -0.352 e. The van der Waals surface area contributed by atoms with E-state index in [4.69, 9.17) is 13.0 Å². The maximum Gasteiger partial charge on any atom is 0.391 e. The second-order valence-electron chi connectivity index (χ2n) is 7.15. The van der Waals surface area contributed by atoms with Crippen molar-refractivity contribution in [2.75, 3.05) is 19.8 Å². The molecule has 0 bridgehead atoms. The van der Waals surface area contributed by atoms with Crippen LogP contribution in [0, 0.1) is 23.5 Å². The number of benzene rings is 1. The van der Waals surface area contributed by atoms with E-state index in [9.17, 15) is 35.9 Å². The number of piperazine rings is 1. The summed E-state index contributed by atoms with van der Waals surface area (Å²) in [6, 6.07) is -3.32. The molecule has 166 valence electrons. The van der Waals surface area contributed by atoms with E-state index in [1.54, 1.807) is 0 Å². The van der Waals surface area contributed by atoms with Gasteiger partial charge < -0.3 is 15.5 Å². The summed E-state index contributed by atoms with van der Waals surface area (Å²) < 4.78 is 88.4. The van der Waals surface area contributed by atoms with Crippen LogP contribution < -0.4 is 10.6 Å². The summed E-state index contributed by atoms with van der Waals surface area (Å²) in [7, 11) is 0. The maximum atomic E-state index is 14.6. The van der Waals surface area contributed by atoms with Crippen LogP contribution in [0.4, 0.5) is 31.1 Å².